The first-order valence-corrected chi connectivity index (χ1v) is 11.3. The fraction of sp³-hybridized carbons (Fsp3) is 0.179. The first kappa shape index (κ1) is 21.6. The molecule has 0 saturated carbocycles. The van der Waals surface area contributed by atoms with E-state index in [0.29, 0.717) is 24.1 Å². The number of rotatable bonds is 7. The number of benzene rings is 3. The summed E-state index contributed by atoms with van der Waals surface area (Å²) in [5.41, 5.74) is 2.91. The van der Waals surface area contributed by atoms with E-state index in [1.165, 1.54) is 0 Å². The van der Waals surface area contributed by atoms with Crippen molar-refractivity contribution < 1.29 is 14.4 Å². The Hall–Kier alpha value is -4.19. The SMILES string of the molecule is C[C@]1(CCc2ccccc2)NC(=O)N(CC(=O)c2c(-c3ccccc3)[nH]c3ccccc23)C1=O. The van der Waals surface area contributed by atoms with Gasteiger partial charge in [0.2, 0.25) is 0 Å². The van der Waals surface area contributed by atoms with Crippen LogP contribution in [-0.4, -0.2) is 39.7 Å². The average Bonchev–Trinajstić information content (AvgIpc) is 3.35. The second-order valence-corrected chi connectivity index (χ2v) is 8.85. The van der Waals surface area contributed by atoms with Crippen LogP contribution in [0.15, 0.2) is 84.9 Å². The standard InChI is InChI=1S/C28H25N3O3/c1-28(17-16-19-10-4-2-5-11-19)26(33)31(27(34)30-28)18-23(32)24-21-14-8-9-15-22(21)29-25(24)20-12-6-3-7-13-20/h2-15,29H,16-18H2,1H3,(H,30,34)/t28-/m1/s1. The van der Waals surface area contributed by atoms with Crippen molar-refractivity contribution in [3.8, 4) is 11.3 Å². The first-order chi connectivity index (χ1) is 16.5. The van der Waals surface area contributed by atoms with Gasteiger partial charge in [-0.25, -0.2) is 4.79 Å². The second-order valence-electron chi connectivity index (χ2n) is 8.85. The Kier molecular flexibility index (Phi) is 5.49. The van der Waals surface area contributed by atoms with Crippen LogP contribution in [-0.2, 0) is 11.2 Å². The van der Waals surface area contributed by atoms with Gasteiger partial charge in [0.1, 0.15) is 5.54 Å². The van der Waals surface area contributed by atoms with E-state index >= 15 is 0 Å². The summed E-state index contributed by atoms with van der Waals surface area (Å²) in [6, 6.07) is 26.4. The fourth-order valence-electron chi connectivity index (χ4n) is 4.57. The van der Waals surface area contributed by atoms with Crippen molar-refractivity contribution in [3.05, 3.63) is 96.1 Å². The lowest BCUT2D eigenvalue weighted by Crippen LogP contribution is -2.44. The molecule has 1 aliphatic rings. The Morgan fingerprint density at radius 1 is 0.882 bits per heavy atom. The first-order valence-electron chi connectivity index (χ1n) is 11.3. The van der Waals surface area contributed by atoms with Crippen LogP contribution in [0.5, 0.6) is 0 Å². The molecule has 1 aliphatic heterocycles. The van der Waals surface area contributed by atoms with Gasteiger partial charge < -0.3 is 10.3 Å². The molecule has 6 heteroatoms. The van der Waals surface area contributed by atoms with E-state index in [9.17, 15) is 14.4 Å². The van der Waals surface area contributed by atoms with E-state index in [1.807, 2.05) is 84.9 Å². The van der Waals surface area contributed by atoms with Gasteiger partial charge in [-0.05, 0) is 37.0 Å². The molecule has 0 unspecified atom stereocenters. The molecule has 1 saturated heterocycles. The summed E-state index contributed by atoms with van der Waals surface area (Å²) < 4.78 is 0. The Morgan fingerprint density at radius 3 is 2.26 bits per heavy atom. The third kappa shape index (κ3) is 3.88. The zero-order valence-electron chi connectivity index (χ0n) is 18.9. The molecule has 4 aromatic rings. The molecular weight excluding hydrogens is 426 g/mol. The van der Waals surface area contributed by atoms with E-state index in [4.69, 9.17) is 0 Å². The topological polar surface area (TPSA) is 82.3 Å². The van der Waals surface area contributed by atoms with E-state index in [-0.39, 0.29) is 18.2 Å². The number of ketones is 1. The maximum atomic E-state index is 13.6. The number of aromatic amines is 1. The molecule has 0 radical (unpaired) electrons. The number of hydrogen-bond donors (Lipinski definition) is 2. The summed E-state index contributed by atoms with van der Waals surface area (Å²) in [7, 11) is 0. The molecule has 170 valence electrons. The highest BCUT2D eigenvalue weighted by Crippen LogP contribution is 2.31. The van der Waals surface area contributed by atoms with E-state index in [2.05, 4.69) is 10.3 Å². The van der Waals surface area contributed by atoms with Crippen molar-refractivity contribution in [3.63, 3.8) is 0 Å². The molecule has 3 amide bonds. The van der Waals surface area contributed by atoms with Gasteiger partial charge in [0.05, 0.1) is 17.8 Å². The van der Waals surface area contributed by atoms with Crippen molar-refractivity contribution in [2.45, 2.75) is 25.3 Å². The summed E-state index contributed by atoms with van der Waals surface area (Å²) >= 11 is 0. The quantitative estimate of drug-likeness (QED) is 0.308. The highest BCUT2D eigenvalue weighted by Gasteiger charge is 2.48. The van der Waals surface area contributed by atoms with Gasteiger partial charge in [0.15, 0.2) is 5.78 Å². The van der Waals surface area contributed by atoms with Gasteiger partial charge in [-0.1, -0.05) is 78.9 Å². The monoisotopic (exact) mass is 451 g/mol. The van der Waals surface area contributed by atoms with E-state index in [0.717, 1.165) is 26.9 Å². The molecule has 34 heavy (non-hydrogen) atoms. The largest absolute Gasteiger partial charge is 0.354 e. The summed E-state index contributed by atoms with van der Waals surface area (Å²) in [6.07, 6.45) is 1.10. The zero-order valence-corrected chi connectivity index (χ0v) is 18.9. The molecule has 0 bridgehead atoms. The molecule has 1 atom stereocenters. The normalized spacial score (nSPS) is 17.9. The van der Waals surface area contributed by atoms with Crippen LogP contribution in [0.25, 0.3) is 22.2 Å². The van der Waals surface area contributed by atoms with Crippen LogP contribution in [0.1, 0.15) is 29.3 Å². The summed E-state index contributed by atoms with van der Waals surface area (Å²) in [4.78, 5) is 44.0. The molecule has 1 fully saturated rings. The predicted octanol–water partition coefficient (Wildman–Crippen LogP) is 4.96. The van der Waals surface area contributed by atoms with Gasteiger partial charge in [-0.2, -0.15) is 0 Å². The van der Waals surface area contributed by atoms with E-state index < -0.39 is 11.6 Å². The molecule has 5 rings (SSSR count). The van der Waals surface area contributed by atoms with Gasteiger partial charge >= 0.3 is 6.03 Å². The number of nitrogens with zero attached hydrogens (tertiary/aromatic N) is 1. The maximum absolute atomic E-state index is 13.6. The molecular formula is C28H25N3O3. The Bertz CT molecular complexity index is 1380. The van der Waals surface area contributed by atoms with Crippen LogP contribution in [0.4, 0.5) is 4.79 Å². The molecule has 1 aromatic heterocycles. The van der Waals surface area contributed by atoms with Crippen molar-refractivity contribution in [2.24, 2.45) is 0 Å². The molecule has 3 aromatic carbocycles. The minimum absolute atomic E-state index is 0.285. The van der Waals surface area contributed by atoms with Crippen LogP contribution >= 0.6 is 0 Å². The van der Waals surface area contributed by atoms with Crippen molar-refractivity contribution in [1.82, 2.24) is 15.2 Å². The van der Waals surface area contributed by atoms with Crippen LogP contribution in [0.2, 0.25) is 0 Å². The number of H-pyrrole nitrogens is 1. The fourth-order valence-corrected chi connectivity index (χ4v) is 4.57. The summed E-state index contributed by atoms with van der Waals surface area (Å²) in [5, 5.41) is 3.58. The second kappa shape index (κ2) is 8.63. The third-order valence-corrected chi connectivity index (χ3v) is 6.45. The average molecular weight is 452 g/mol. The highest BCUT2D eigenvalue weighted by molar-refractivity contribution is 6.17. The molecule has 2 N–H and O–H groups in total. The van der Waals surface area contributed by atoms with Crippen molar-refractivity contribution in [1.29, 1.82) is 0 Å². The molecule has 0 spiro atoms. The van der Waals surface area contributed by atoms with Crippen molar-refractivity contribution in [2.75, 3.05) is 6.54 Å². The molecule has 0 aliphatic carbocycles. The third-order valence-electron chi connectivity index (χ3n) is 6.45. The van der Waals surface area contributed by atoms with Crippen LogP contribution in [0, 0.1) is 0 Å². The number of fused-ring (bicyclic) bond motifs is 1. The number of nitrogens with one attached hydrogen (secondary N) is 2. The zero-order chi connectivity index (χ0) is 23.7. The lowest BCUT2D eigenvalue weighted by atomic mass is 9.93. The van der Waals surface area contributed by atoms with Gasteiger partial charge in [-0.3, -0.25) is 14.5 Å². The summed E-state index contributed by atoms with van der Waals surface area (Å²) in [5.74, 6) is -0.657. The number of Topliss-reactive ketones (excluding diaryl/α,β-unsaturated/α-hetero) is 1. The van der Waals surface area contributed by atoms with Crippen LogP contribution < -0.4 is 5.32 Å². The smallest absolute Gasteiger partial charge is 0.325 e. The summed E-state index contributed by atoms with van der Waals surface area (Å²) in [6.45, 7) is 1.41. The number of amides is 3. The Morgan fingerprint density at radius 2 is 1.53 bits per heavy atom. The molecule has 6 nitrogen and oxygen atoms in total. The number of carbonyl (C=O) groups excluding carboxylic acids is 3. The van der Waals surface area contributed by atoms with Gasteiger partial charge in [0, 0.05) is 10.9 Å². The number of para-hydroxylation sites is 1. The highest BCUT2D eigenvalue weighted by atomic mass is 16.2. The number of aryl methyl sites for hydroxylation is 1. The Balaban J connectivity index is 1.41. The van der Waals surface area contributed by atoms with Gasteiger partial charge in [-0.15, -0.1) is 0 Å². The number of carbonyl (C=O) groups is 3. The number of aromatic nitrogens is 1. The van der Waals surface area contributed by atoms with Crippen LogP contribution in [0.3, 0.4) is 0 Å². The maximum Gasteiger partial charge on any atom is 0.325 e. The molecule has 2 heterocycles. The minimum Gasteiger partial charge on any atom is -0.354 e. The van der Waals surface area contributed by atoms with Crippen molar-refractivity contribution >= 4 is 28.6 Å². The number of urea groups is 1. The number of hydrogen-bond acceptors (Lipinski definition) is 3. The minimum atomic E-state index is -1.05. The lowest BCUT2D eigenvalue weighted by Gasteiger charge is -2.21. The Labute approximate surface area is 197 Å². The van der Waals surface area contributed by atoms with Gasteiger partial charge in [0.25, 0.3) is 5.91 Å². The number of imide groups is 1. The lowest BCUT2D eigenvalue weighted by molar-refractivity contribution is -0.130. The predicted molar refractivity (Wildman–Crippen MR) is 131 cm³/mol. The van der Waals surface area contributed by atoms with E-state index in [1.54, 1.807) is 6.92 Å².